The van der Waals surface area contributed by atoms with Gasteiger partial charge in [0.25, 0.3) is 0 Å². The van der Waals surface area contributed by atoms with Gasteiger partial charge in [0.15, 0.2) is 11.5 Å². The lowest BCUT2D eigenvalue weighted by Gasteiger charge is -2.34. The van der Waals surface area contributed by atoms with Gasteiger partial charge in [0, 0.05) is 32.2 Å². The fourth-order valence-electron chi connectivity index (χ4n) is 2.61. The highest BCUT2D eigenvalue weighted by Crippen LogP contribution is 2.38. The van der Waals surface area contributed by atoms with Crippen molar-refractivity contribution in [2.24, 2.45) is 0 Å². The second-order valence-electron chi connectivity index (χ2n) is 5.13. The van der Waals surface area contributed by atoms with Crippen LogP contribution < -0.4 is 14.8 Å². The molecule has 2 aliphatic heterocycles. The first-order valence-electron chi connectivity index (χ1n) is 6.77. The summed E-state index contributed by atoms with van der Waals surface area (Å²) in [6, 6.07) is 4.58. The van der Waals surface area contributed by atoms with Crippen LogP contribution >= 0.6 is 24.0 Å². The van der Waals surface area contributed by atoms with Crippen LogP contribution in [0.2, 0.25) is 5.02 Å². The number of benzene rings is 1. The molecule has 0 spiro atoms. The molecule has 6 heteroatoms. The monoisotopic (exact) mass is 318 g/mol. The van der Waals surface area contributed by atoms with Gasteiger partial charge < -0.3 is 14.8 Å². The minimum Gasteiger partial charge on any atom is -0.486 e. The first-order chi connectivity index (χ1) is 9.24. The van der Waals surface area contributed by atoms with E-state index < -0.39 is 0 Å². The molecule has 3 rings (SSSR count). The van der Waals surface area contributed by atoms with Crippen LogP contribution in [0.5, 0.6) is 11.5 Å². The summed E-state index contributed by atoms with van der Waals surface area (Å²) in [6.45, 7) is 7.46. The minimum absolute atomic E-state index is 0. The molecule has 0 amide bonds. The molecule has 4 nitrogen and oxygen atoms in total. The number of rotatable bonds is 2. The van der Waals surface area contributed by atoms with Crippen molar-refractivity contribution in [1.29, 1.82) is 0 Å². The SMILES string of the molecule is C[C@H]1CNCCN1Cc1cc(Cl)c2c(c1)OCCO2.Cl. The van der Waals surface area contributed by atoms with E-state index in [4.69, 9.17) is 21.1 Å². The van der Waals surface area contributed by atoms with Gasteiger partial charge in [0.1, 0.15) is 13.2 Å². The first-order valence-corrected chi connectivity index (χ1v) is 7.14. The lowest BCUT2D eigenvalue weighted by Crippen LogP contribution is -2.49. The highest BCUT2D eigenvalue weighted by atomic mass is 35.5. The molecular formula is C14H20Cl2N2O2. The second-order valence-corrected chi connectivity index (χ2v) is 5.53. The summed E-state index contributed by atoms with van der Waals surface area (Å²) in [5.41, 5.74) is 1.18. The molecule has 0 aliphatic carbocycles. The third-order valence-corrected chi connectivity index (χ3v) is 3.96. The summed E-state index contributed by atoms with van der Waals surface area (Å²) in [5, 5.41) is 4.05. The number of hydrogen-bond acceptors (Lipinski definition) is 4. The van der Waals surface area contributed by atoms with Gasteiger partial charge >= 0.3 is 0 Å². The maximum Gasteiger partial charge on any atom is 0.179 e. The summed E-state index contributed by atoms with van der Waals surface area (Å²) in [4.78, 5) is 2.46. The number of fused-ring (bicyclic) bond motifs is 1. The molecule has 0 saturated carbocycles. The Morgan fingerprint density at radius 1 is 1.35 bits per heavy atom. The molecule has 2 heterocycles. The lowest BCUT2D eigenvalue weighted by atomic mass is 10.1. The summed E-state index contributed by atoms with van der Waals surface area (Å²) < 4.78 is 11.2. The predicted molar refractivity (Wildman–Crippen MR) is 82.4 cm³/mol. The molecule has 0 aromatic heterocycles. The zero-order valence-electron chi connectivity index (χ0n) is 11.5. The van der Waals surface area contributed by atoms with Crippen molar-refractivity contribution >= 4 is 24.0 Å². The standard InChI is InChI=1S/C14H19ClN2O2.ClH/c1-10-8-16-2-3-17(10)9-11-6-12(15)14-13(7-11)18-4-5-19-14;/h6-7,10,16H,2-5,8-9H2,1H3;1H/t10-;/m0./s1. The van der Waals surface area contributed by atoms with E-state index in [0.29, 0.717) is 30.0 Å². The Balaban J connectivity index is 0.00000147. The molecule has 1 atom stereocenters. The van der Waals surface area contributed by atoms with E-state index in [0.717, 1.165) is 31.9 Å². The van der Waals surface area contributed by atoms with Crippen molar-refractivity contribution in [3.8, 4) is 11.5 Å². The second kappa shape index (κ2) is 6.85. The van der Waals surface area contributed by atoms with Crippen LogP contribution in [0.3, 0.4) is 0 Å². The molecule has 0 unspecified atom stereocenters. The molecular weight excluding hydrogens is 299 g/mol. The number of ether oxygens (including phenoxy) is 2. The lowest BCUT2D eigenvalue weighted by molar-refractivity contribution is 0.161. The van der Waals surface area contributed by atoms with Gasteiger partial charge in [0.2, 0.25) is 0 Å². The van der Waals surface area contributed by atoms with Crippen LogP contribution in [-0.4, -0.2) is 43.8 Å². The molecule has 1 aromatic rings. The molecule has 20 heavy (non-hydrogen) atoms. The van der Waals surface area contributed by atoms with Crippen LogP contribution in [0.4, 0.5) is 0 Å². The Bertz CT molecular complexity index is 471. The van der Waals surface area contributed by atoms with Crippen molar-refractivity contribution in [2.45, 2.75) is 19.5 Å². The minimum atomic E-state index is 0. The Morgan fingerprint density at radius 3 is 2.95 bits per heavy atom. The molecule has 1 N–H and O–H groups in total. The number of halogens is 2. The summed E-state index contributed by atoms with van der Waals surface area (Å²) in [5.74, 6) is 1.46. The number of piperazine rings is 1. The van der Waals surface area contributed by atoms with Gasteiger partial charge in [-0.15, -0.1) is 12.4 Å². The van der Waals surface area contributed by atoms with Crippen molar-refractivity contribution in [1.82, 2.24) is 10.2 Å². The highest BCUT2D eigenvalue weighted by Gasteiger charge is 2.21. The van der Waals surface area contributed by atoms with Crippen LogP contribution in [0, 0.1) is 0 Å². The van der Waals surface area contributed by atoms with Crippen molar-refractivity contribution in [3.05, 3.63) is 22.7 Å². The number of nitrogens with one attached hydrogen (secondary N) is 1. The summed E-state index contributed by atoms with van der Waals surface area (Å²) in [7, 11) is 0. The van der Waals surface area contributed by atoms with Crippen LogP contribution in [-0.2, 0) is 6.54 Å². The van der Waals surface area contributed by atoms with E-state index in [1.807, 2.05) is 6.07 Å². The molecule has 1 saturated heterocycles. The van der Waals surface area contributed by atoms with Gasteiger partial charge in [-0.05, 0) is 24.6 Å². The maximum absolute atomic E-state index is 6.27. The van der Waals surface area contributed by atoms with Crippen LogP contribution in [0.15, 0.2) is 12.1 Å². The van der Waals surface area contributed by atoms with Gasteiger partial charge in [-0.3, -0.25) is 4.90 Å². The molecule has 0 radical (unpaired) electrons. The van der Waals surface area contributed by atoms with E-state index >= 15 is 0 Å². The van der Waals surface area contributed by atoms with E-state index in [1.54, 1.807) is 0 Å². The van der Waals surface area contributed by atoms with E-state index in [1.165, 1.54) is 5.56 Å². The predicted octanol–water partition coefficient (Wildman–Crippen LogP) is 2.33. The smallest absolute Gasteiger partial charge is 0.179 e. The third-order valence-electron chi connectivity index (χ3n) is 3.68. The van der Waals surface area contributed by atoms with Crippen molar-refractivity contribution < 1.29 is 9.47 Å². The van der Waals surface area contributed by atoms with Gasteiger partial charge in [0.05, 0.1) is 5.02 Å². The maximum atomic E-state index is 6.27. The fraction of sp³-hybridized carbons (Fsp3) is 0.571. The highest BCUT2D eigenvalue weighted by molar-refractivity contribution is 6.32. The van der Waals surface area contributed by atoms with E-state index in [-0.39, 0.29) is 12.4 Å². The largest absolute Gasteiger partial charge is 0.486 e. The van der Waals surface area contributed by atoms with E-state index in [9.17, 15) is 0 Å². The molecule has 0 bridgehead atoms. The Kier molecular flexibility index (Phi) is 5.38. The molecule has 112 valence electrons. The number of hydrogen-bond donors (Lipinski definition) is 1. The summed E-state index contributed by atoms with van der Waals surface area (Å²) >= 11 is 6.27. The Labute approximate surface area is 130 Å². The number of nitrogens with zero attached hydrogens (tertiary/aromatic N) is 1. The van der Waals surface area contributed by atoms with Crippen LogP contribution in [0.1, 0.15) is 12.5 Å². The van der Waals surface area contributed by atoms with Gasteiger partial charge in [-0.2, -0.15) is 0 Å². The summed E-state index contributed by atoms with van der Waals surface area (Å²) in [6.07, 6.45) is 0. The van der Waals surface area contributed by atoms with E-state index in [2.05, 4.69) is 23.2 Å². The Hall–Kier alpha value is -0.680. The Morgan fingerprint density at radius 2 is 2.15 bits per heavy atom. The normalized spacial score (nSPS) is 22.2. The first kappa shape index (κ1) is 15.7. The van der Waals surface area contributed by atoms with Crippen LogP contribution in [0.25, 0.3) is 0 Å². The topological polar surface area (TPSA) is 33.7 Å². The third kappa shape index (κ3) is 3.31. The van der Waals surface area contributed by atoms with Crippen molar-refractivity contribution in [2.75, 3.05) is 32.8 Å². The fourth-order valence-corrected chi connectivity index (χ4v) is 2.90. The van der Waals surface area contributed by atoms with Gasteiger partial charge in [-0.25, -0.2) is 0 Å². The average Bonchev–Trinajstić information content (AvgIpc) is 2.42. The zero-order valence-corrected chi connectivity index (χ0v) is 13.1. The molecule has 1 fully saturated rings. The van der Waals surface area contributed by atoms with Gasteiger partial charge in [-0.1, -0.05) is 11.6 Å². The zero-order chi connectivity index (χ0) is 13.2. The molecule has 2 aliphatic rings. The molecule has 1 aromatic carbocycles. The quantitative estimate of drug-likeness (QED) is 0.907. The average molecular weight is 319 g/mol. The van der Waals surface area contributed by atoms with Crippen molar-refractivity contribution in [3.63, 3.8) is 0 Å².